The predicted molar refractivity (Wildman–Crippen MR) is 148 cm³/mol. The van der Waals surface area contributed by atoms with Crippen molar-refractivity contribution in [2.24, 2.45) is 0 Å². The maximum atomic E-state index is 13.0. The van der Waals surface area contributed by atoms with Crippen LogP contribution in [0.15, 0.2) is 24.3 Å². The molecule has 2 aliphatic carbocycles. The van der Waals surface area contributed by atoms with Crippen molar-refractivity contribution in [3.63, 3.8) is 0 Å². The molecule has 2 fully saturated rings. The van der Waals surface area contributed by atoms with Crippen molar-refractivity contribution in [2.45, 2.75) is 103 Å². The van der Waals surface area contributed by atoms with E-state index in [2.05, 4.69) is 10.6 Å². The summed E-state index contributed by atoms with van der Waals surface area (Å²) in [6, 6.07) is 7.60. The zero-order valence-corrected chi connectivity index (χ0v) is 22.8. The van der Waals surface area contributed by atoms with Crippen molar-refractivity contribution in [1.29, 1.82) is 0 Å². The van der Waals surface area contributed by atoms with Gasteiger partial charge in [0.25, 0.3) is 0 Å². The van der Waals surface area contributed by atoms with E-state index in [9.17, 15) is 9.59 Å². The van der Waals surface area contributed by atoms with E-state index in [1.165, 1.54) is 12.8 Å². The maximum Gasteiger partial charge on any atom is 0.412 e. The summed E-state index contributed by atoms with van der Waals surface area (Å²) in [5.41, 5.74) is 0. The van der Waals surface area contributed by atoms with Gasteiger partial charge in [0.1, 0.15) is 0 Å². The van der Waals surface area contributed by atoms with Crippen LogP contribution in [-0.2, 0) is 0 Å². The zero-order chi connectivity index (χ0) is 26.7. The van der Waals surface area contributed by atoms with E-state index >= 15 is 0 Å². The quantitative estimate of drug-likeness (QED) is 0.338. The smallest absolute Gasteiger partial charge is 0.412 e. The first kappa shape index (κ1) is 27.9. The largest absolute Gasteiger partial charge is 0.486 e. The second-order valence-corrected chi connectivity index (χ2v) is 10.3. The Bertz CT molecular complexity index is 992. The number of rotatable bonds is 10. The van der Waals surface area contributed by atoms with Crippen LogP contribution in [0.4, 0.5) is 9.59 Å². The van der Waals surface area contributed by atoms with Gasteiger partial charge in [-0.15, -0.1) is 0 Å². The summed E-state index contributed by atoms with van der Waals surface area (Å²) in [4.78, 5) is 26.1. The molecule has 2 aliphatic rings. The van der Waals surface area contributed by atoms with Gasteiger partial charge in [-0.1, -0.05) is 76.6 Å². The number of amides is 2. The third kappa shape index (κ3) is 7.23. The van der Waals surface area contributed by atoms with E-state index in [0.29, 0.717) is 24.0 Å². The SMILES string of the molecule is CCCOc1c(OCCC)c(OC(=O)NC2CCCCC2)c2ccccc2c1OC(=O)NC1CCCCC1. The number of hydrogen-bond acceptors (Lipinski definition) is 6. The Hall–Kier alpha value is -3.16. The molecule has 0 unspecified atom stereocenters. The Morgan fingerprint density at radius 1 is 0.658 bits per heavy atom. The zero-order valence-electron chi connectivity index (χ0n) is 22.8. The van der Waals surface area contributed by atoms with Crippen LogP contribution in [0.25, 0.3) is 10.8 Å². The number of hydrogen-bond donors (Lipinski definition) is 2. The fourth-order valence-corrected chi connectivity index (χ4v) is 5.27. The van der Waals surface area contributed by atoms with Gasteiger partial charge in [0.15, 0.2) is 11.5 Å². The number of ether oxygens (including phenoxy) is 4. The minimum Gasteiger partial charge on any atom is -0.486 e. The van der Waals surface area contributed by atoms with E-state index in [4.69, 9.17) is 18.9 Å². The lowest BCUT2D eigenvalue weighted by molar-refractivity contribution is 0.183. The number of fused-ring (bicyclic) bond motifs is 1. The molecular formula is C30H42N2O6. The van der Waals surface area contributed by atoms with E-state index in [-0.39, 0.29) is 35.1 Å². The minimum absolute atomic E-state index is 0.101. The summed E-state index contributed by atoms with van der Waals surface area (Å²) < 4.78 is 24.2. The van der Waals surface area contributed by atoms with Crippen LogP contribution in [0.1, 0.15) is 90.9 Å². The lowest BCUT2D eigenvalue weighted by atomic mass is 9.96. The van der Waals surface area contributed by atoms with Gasteiger partial charge in [-0.05, 0) is 38.5 Å². The molecule has 208 valence electrons. The molecule has 0 spiro atoms. The maximum absolute atomic E-state index is 13.0. The average Bonchev–Trinajstić information content (AvgIpc) is 2.93. The van der Waals surface area contributed by atoms with E-state index < -0.39 is 12.2 Å². The number of nitrogens with one attached hydrogen (secondary N) is 2. The molecule has 0 radical (unpaired) electrons. The first-order valence-corrected chi connectivity index (χ1v) is 14.4. The van der Waals surface area contributed by atoms with Gasteiger partial charge >= 0.3 is 12.2 Å². The summed E-state index contributed by atoms with van der Waals surface area (Å²) in [5, 5.41) is 7.26. The standard InChI is InChI=1S/C30H42N2O6/c1-3-19-35-27-25(37-29(33)31-21-13-7-5-8-14-21)23-17-11-12-18-24(23)26(28(27)36-20-4-2)38-30(34)32-22-15-9-6-10-16-22/h11-12,17-18,21-22H,3-10,13-16,19-20H2,1-2H3,(H,31,33)(H,32,34). The highest BCUT2D eigenvalue weighted by Crippen LogP contribution is 2.51. The van der Waals surface area contributed by atoms with Crippen molar-refractivity contribution in [1.82, 2.24) is 10.6 Å². The summed E-state index contributed by atoms with van der Waals surface area (Å²) >= 11 is 0. The lowest BCUT2D eigenvalue weighted by Crippen LogP contribution is -2.38. The van der Waals surface area contributed by atoms with Crippen molar-refractivity contribution < 1.29 is 28.5 Å². The highest BCUT2D eigenvalue weighted by molar-refractivity contribution is 6.01. The first-order chi connectivity index (χ1) is 18.6. The van der Waals surface area contributed by atoms with Crippen LogP contribution in [0.5, 0.6) is 23.0 Å². The summed E-state index contributed by atoms with van der Waals surface area (Å²) in [5.74, 6) is 1.10. The lowest BCUT2D eigenvalue weighted by Gasteiger charge is -2.25. The Labute approximate surface area is 225 Å². The summed E-state index contributed by atoms with van der Waals surface area (Å²) in [6.07, 6.45) is 11.0. The fraction of sp³-hybridized carbons (Fsp3) is 0.600. The van der Waals surface area contributed by atoms with Crippen LogP contribution >= 0.6 is 0 Å². The van der Waals surface area contributed by atoms with Crippen molar-refractivity contribution >= 4 is 23.0 Å². The predicted octanol–water partition coefficient (Wildman–Crippen LogP) is 7.26. The normalized spacial score (nSPS) is 16.6. The van der Waals surface area contributed by atoms with Gasteiger partial charge in [0.2, 0.25) is 11.5 Å². The van der Waals surface area contributed by atoms with Crippen LogP contribution in [0.3, 0.4) is 0 Å². The molecule has 4 rings (SSSR count). The Morgan fingerprint density at radius 3 is 1.42 bits per heavy atom. The fourth-order valence-electron chi connectivity index (χ4n) is 5.27. The number of benzene rings is 2. The van der Waals surface area contributed by atoms with Crippen LogP contribution in [-0.4, -0.2) is 37.5 Å². The molecule has 0 heterocycles. The van der Waals surface area contributed by atoms with Gasteiger partial charge < -0.3 is 29.6 Å². The molecule has 0 atom stereocenters. The molecule has 0 saturated heterocycles. The van der Waals surface area contributed by atoms with Gasteiger partial charge in [-0.25, -0.2) is 9.59 Å². The molecule has 2 aromatic carbocycles. The van der Waals surface area contributed by atoms with Gasteiger partial charge in [0.05, 0.1) is 13.2 Å². The highest BCUT2D eigenvalue weighted by Gasteiger charge is 2.29. The van der Waals surface area contributed by atoms with Crippen LogP contribution in [0.2, 0.25) is 0 Å². The third-order valence-corrected chi connectivity index (χ3v) is 7.18. The minimum atomic E-state index is -0.520. The summed E-state index contributed by atoms with van der Waals surface area (Å²) in [6.45, 7) is 4.77. The molecule has 38 heavy (non-hydrogen) atoms. The van der Waals surface area contributed by atoms with Crippen LogP contribution in [0, 0.1) is 0 Å². The Kier molecular flexibility index (Phi) is 10.4. The molecule has 2 aromatic rings. The summed E-state index contributed by atoms with van der Waals surface area (Å²) in [7, 11) is 0. The van der Waals surface area contributed by atoms with Crippen molar-refractivity contribution in [2.75, 3.05) is 13.2 Å². The first-order valence-electron chi connectivity index (χ1n) is 14.4. The van der Waals surface area contributed by atoms with Crippen molar-refractivity contribution in [3.05, 3.63) is 24.3 Å². The Morgan fingerprint density at radius 2 is 1.05 bits per heavy atom. The molecular weight excluding hydrogens is 484 g/mol. The number of carbonyl (C=O) groups excluding carboxylic acids is 2. The van der Waals surface area contributed by atoms with E-state index in [1.807, 2.05) is 38.1 Å². The number of carbonyl (C=O) groups is 2. The monoisotopic (exact) mass is 526 g/mol. The van der Waals surface area contributed by atoms with Crippen molar-refractivity contribution in [3.8, 4) is 23.0 Å². The molecule has 0 aromatic heterocycles. The third-order valence-electron chi connectivity index (χ3n) is 7.18. The second-order valence-electron chi connectivity index (χ2n) is 10.3. The molecule has 2 amide bonds. The molecule has 0 aliphatic heterocycles. The van der Waals surface area contributed by atoms with Gasteiger partial charge in [0, 0.05) is 22.9 Å². The van der Waals surface area contributed by atoms with Gasteiger partial charge in [-0.2, -0.15) is 0 Å². The van der Waals surface area contributed by atoms with Gasteiger partial charge in [-0.3, -0.25) is 0 Å². The Balaban J connectivity index is 1.71. The second kappa shape index (κ2) is 14.1. The molecule has 2 N–H and O–H groups in total. The van der Waals surface area contributed by atoms with E-state index in [1.54, 1.807) is 0 Å². The molecule has 0 bridgehead atoms. The molecule has 8 nitrogen and oxygen atoms in total. The average molecular weight is 527 g/mol. The highest BCUT2D eigenvalue weighted by atomic mass is 16.6. The molecule has 2 saturated carbocycles. The van der Waals surface area contributed by atoms with E-state index in [0.717, 1.165) is 64.2 Å². The topological polar surface area (TPSA) is 95.1 Å². The molecule has 8 heteroatoms. The van der Waals surface area contributed by atoms with Crippen LogP contribution < -0.4 is 29.6 Å².